The summed E-state index contributed by atoms with van der Waals surface area (Å²) in [5, 5.41) is 5.80. The van der Waals surface area contributed by atoms with Gasteiger partial charge in [-0.05, 0) is 61.7 Å². The van der Waals surface area contributed by atoms with Crippen molar-refractivity contribution in [3.63, 3.8) is 0 Å². The zero-order valence-electron chi connectivity index (χ0n) is 16.4. The van der Waals surface area contributed by atoms with Gasteiger partial charge in [-0.25, -0.2) is 4.79 Å². The van der Waals surface area contributed by atoms with Crippen LogP contribution >= 0.6 is 0 Å². The number of hydrogen-bond donors (Lipinski definition) is 2. The minimum Gasteiger partial charge on any atom is -0.465 e. The highest BCUT2D eigenvalue weighted by Crippen LogP contribution is 2.16. The van der Waals surface area contributed by atoms with E-state index in [9.17, 15) is 14.4 Å². The molecule has 0 saturated carbocycles. The van der Waals surface area contributed by atoms with Gasteiger partial charge in [0.2, 0.25) is 5.91 Å². The fourth-order valence-electron chi connectivity index (χ4n) is 3.24. The van der Waals surface area contributed by atoms with Crippen LogP contribution in [0.1, 0.15) is 40.0 Å². The summed E-state index contributed by atoms with van der Waals surface area (Å²) in [5.74, 6) is -0.637. The van der Waals surface area contributed by atoms with Gasteiger partial charge in [0.25, 0.3) is 5.91 Å². The van der Waals surface area contributed by atoms with Crippen LogP contribution in [0.2, 0.25) is 0 Å². The first-order valence-electron chi connectivity index (χ1n) is 9.68. The molecule has 0 spiro atoms. The number of piperidine rings is 1. The van der Waals surface area contributed by atoms with Gasteiger partial charge in [-0.2, -0.15) is 0 Å². The highest BCUT2D eigenvalue weighted by atomic mass is 16.5. The van der Waals surface area contributed by atoms with Gasteiger partial charge >= 0.3 is 5.97 Å². The Morgan fingerprint density at radius 1 is 0.931 bits per heavy atom. The first kappa shape index (κ1) is 20.4. The summed E-state index contributed by atoms with van der Waals surface area (Å²) in [5.41, 5.74) is 2.32. The fraction of sp³-hybridized carbons (Fsp3) is 0.318. The van der Waals surface area contributed by atoms with Crippen LogP contribution in [-0.4, -0.2) is 49.4 Å². The molecule has 0 aromatic heterocycles. The monoisotopic (exact) mass is 395 g/mol. The van der Waals surface area contributed by atoms with Crippen molar-refractivity contribution in [1.29, 1.82) is 0 Å². The second-order valence-electron chi connectivity index (χ2n) is 6.90. The lowest BCUT2D eigenvalue weighted by Gasteiger charge is -2.26. The third-order valence-corrected chi connectivity index (χ3v) is 4.80. The summed E-state index contributed by atoms with van der Waals surface area (Å²) in [6, 6.07) is 13.7. The molecular weight excluding hydrogens is 370 g/mol. The Bertz CT molecular complexity index is 874. The Kier molecular flexibility index (Phi) is 6.84. The molecule has 0 aliphatic carbocycles. The van der Waals surface area contributed by atoms with Crippen molar-refractivity contribution in [2.24, 2.45) is 0 Å². The van der Waals surface area contributed by atoms with Crippen LogP contribution in [0.4, 0.5) is 11.4 Å². The number of methoxy groups -OCH3 is 1. The van der Waals surface area contributed by atoms with Crippen LogP contribution in [0.15, 0.2) is 48.5 Å². The molecule has 1 heterocycles. The van der Waals surface area contributed by atoms with Crippen molar-refractivity contribution in [3.05, 3.63) is 59.7 Å². The van der Waals surface area contributed by atoms with Gasteiger partial charge in [0.15, 0.2) is 0 Å². The van der Waals surface area contributed by atoms with Crippen LogP contribution in [0, 0.1) is 0 Å². The van der Waals surface area contributed by atoms with Gasteiger partial charge in [0.1, 0.15) is 0 Å². The number of likely N-dealkylation sites (tertiary alicyclic amines) is 1. The van der Waals surface area contributed by atoms with Gasteiger partial charge in [0.05, 0.1) is 19.2 Å². The second-order valence-corrected chi connectivity index (χ2v) is 6.90. The second kappa shape index (κ2) is 9.73. The third kappa shape index (κ3) is 5.57. The number of carbonyl (C=O) groups excluding carboxylic acids is 3. The first-order valence-corrected chi connectivity index (χ1v) is 9.68. The molecule has 3 rings (SSSR count). The molecule has 2 amide bonds. The SMILES string of the molecule is COC(=O)c1ccc(NCC(=O)Nc2cccc(C(=O)N3CCCCC3)c2)cc1. The zero-order chi connectivity index (χ0) is 20.6. The van der Waals surface area contributed by atoms with Crippen molar-refractivity contribution in [1.82, 2.24) is 4.90 Å². The minimum absolute atomic E-state index is 0.00428. The van der Waals surface area contributed by atoms with Crippen LogP contribution in [0.25, 0.3) is 0 Å². The lowest BCUT2D eigenvalue weighted by Crippen LogP contribution is -2.35. The van der Waals surface area contributed by atoms with Crippen molar-refractivity contribution in [2.75, 3.05) is 37.4 Å². The maximum absolute atomic E-state index is 12.6. The first-order chi connectivity index (χ1) is 14.1. The van der Waals surface area contributed by atoms with E-state index in [-0.39, 0.29) is 18.4 Å². The third-order valence-electron chi connectivity index (χ3n) is 4.80. The molecule has 7 nitrogen and oxygen atoms in total. The number of hydrogen-bond acceptors (Lipinski definition) is 5. The Hall–Kier alpha value is -3.35. The molecule has 1 fully saturated rings. The summed E-state index contributed by atoms with van der Waals surface area (Å²) < 4.78 is 4.66. The van der Waals surface area contributed by atoms with Crippen molar-refractivity contribution < 1.29 is 19.1 Å². The van der Waals surface area contributed by atoms with Crippen molar-refractivity contribution in [2.45, 2.75) is 19.3 Å². The van der Waals surface area contributed by atoms with Crippen molar-refractivity contribution in [3.8, 4) is 0 Å². The number of amides is 2. The number of anilines is 2. The number of rotatable bonds is 6. The van der Waals surface area contributed by atoms with E-state index < -0.39 is 5.97 Å². The average Bonchev–Trinajstić information content (AvgIpc) is 2.77. The van der Waals surface area contributed by atoms with E-state index in [1.807, 2.05) is 4.90 Å². The number of ether oxygens (including phenoxy) is 1. The van der Waals surface area contributed by atoms with E-state index in [2.05, 4.69) is 15.4 Å². The molecule has 0 radical (unpaired) electrons. The molecule has 152 valence electrons. The van der Waals surface area contributed by atoms with E-state index in [0.29, 0.717) is 22.5 Å². The Morgan fingerprint density at radius 3 is 2.34 bits per heavy atom. The molecule has 2 aromatic rings. The normalized spacial score (nSPS) is 13.5. The molecule has 0 unspecified atom stereocenters. The molecule has 7 heteroatoms. The number of carbonyl (C=O) groups is 3. The van der Waals surface area contributed by atoms with Crippen molar-refractivity contribution >= 4 is 29.2 Å². The molecule has 29 heavy (non-hydrogen) atoms. The van der Waals surface area contributed by atoms with Crippen LogP contribution in [-0.2, 0) is 9.53 Å². The molecular formula is C22H25N3O4. The molecule has 2 aromatic carbocycles. The van der Waals surface area contributed by atoms with E-state index in [4.69, 9.17) is 0 Å². The Labute approximate surface area is 170 Å². The summed E-state index contributed by atoms with van der Waals surface area (Å²) in [6.07, 6.45) is 3.24. The van der Waals surface area contributed by atoms with Crippen LogP contribution in [0.3, 0.4) is 0 Å². The minimum atomic E-state index is -0.409. The van der Waals surface area contributed by atoms with E-state index in [0.717, 1.165) is 32.4 Å². The lowest BCUT2D eigenvalue weighted by molar-refractivity contribution is -0.114. The summed E-state index contributed by atoms with van der Waals surface area (Å²) in [4.78, 5) is 38.2. The van der Waals surface area contributed by atoms with Crippen LogP contribution in [0.5, 0.6) is 0 Å². The average molecular weight is 395 g/mol. The van der Waals surface area contributed by atoms with Gasteiger partial charge in [-0.1, -0.05) is 6.07 Å². The van der Waals surface area contributed by atoms with Crippen LogP contribution < -0.4 is 10.6 Å². The fourth-order valence-corrected chi connectivity index (χ4v) is 3.24. The number of nitrogens with one attached hydrogen (secondary N) is 2. The summed E-state index contributed by atoms with van der Waals surface area (Å²) in [7, 11) is 1.33. The standard InChI is InChI=1S/C22H25N3O4/c1-29-22(28)16-8-10-18(11-9-16)23-15-20(26)24-19-7-5-6-17(14-19)21(27)25-12-3-2-4-13-25/h5-11,14,23H,2-4,12-13,15H2,1H3,(H,24,26). The number of nitrogens with zero attached hydrogens (tertiary/aromatic N) is 1. The highest BCUT2D eigenvalue weighted by Gasteiger charge is 2.18. The molecule has 1 aliphatic rings. The van der Waals surface area contributed by atoms with E-state index >= 15 is 0 Å². The quantitative estimate of drug-likeness (QED) is 0.734. The lowest BCUT2D eigenvalue weighted by atomic mass is 10.1. The topological polar surface area (TPSA) is 87.7 Å². The van der Waals surface area contributed by atoms with Gasteiger partial charge in [-0.15, -0.1) is 0 Å². The van der Waals surface area contributed by atoms with Gasteiger partial charge in [0, 0.05) is 30.0 Å². The Morgan fingerprint density at radius 2 is 1.66 bits per heavy atom. The zero-order valence-corrected chi connectivity index (χ0v) is 16.4. The number of esters is 1. The molecule has 0 atom stereocenters. The smallest absolute Gasteiger partial charge is 0.337 e. The molecule has 0 bridgehead atoms. The predicted octanol–water partition coefficient (Wildman–Crippen LogP) is 3.15. The van der Waals surface area contributed by atoms with E-state index in [1.165, 1.54) is 7.11 Å². The highest BCUT2D eigenvalue weighted by molar-refractivity contribution is 5.98. The largest absolute Gasteiger partial charge is 0.465 e. The molecule has 1 saturated heterocycles. The van der Waals surface area contributed by atoms with E-state index in [1.54, 1.807) is 48.5 Å². The molecule has 2 N–H and O–H groups in total. The summed E-state index contributed by atoms with van der Waals surface area (Å²) >= 11 is 0. The maximum Gasteiger partial charge on any atom is 0.337 e. The van der Waals surface area contributed by atoms with Gasteiger partial charge < -0.3 is 20.3 Å². The number of benzene rings is 2. The predicted molar refractivity (Wildman–Crippen MR) is 111 cm³/mol. The Balaban J connectivity index is 1.54. The van der Waals surface area contributed by atoms with Gasteiger partial charge in [-0.3, -0.25) is 9.59 Å². The summed E-state index contributed by atoms with van der Waals surface area (Å²) in [6.45, 7) is 1.63. The molecule has 1 aliphatic heterocycles. The maximum atomic E-state index is 12.6.